The first kappa shape index (κ1) is 35.8. The van der Waals surface area contributed by atoms with E-state index in [9.17, 15) is 26.3 Å². The number of rotatable bonds is 4. The summed E-state index contributed by atoms with van der Waals surface area (Å²) in [6, 6.07) is 8.21. The number of hydrogen-bond acceptors (Lipinski definition) is 7. The van der Waals surface area contributed by atoms with E-state index in [1.807, 2.05) is 12.1 Å². The molecule has 4 rings (SSSR count). The smallest absolute Gasteiger partial charge is 0.490 e. The monoisotopic (exact) mass is 625 g/mol. The molecule has 0 aliphatic carbocycles. The summed E-state index contributed by atoms with van der Waals surface area (Å²) in [5.74, 6) is -2.56. The molecule has 2 aliphatic rings. The number of nitrogens with zero attached hydrogens (tertiary/aromatic N) is 5. The zero-order chi connectivity index (χ0) is 32.8. The van der Waals surface area contributed by atoms with E-state index in [4.69, 9.17) is 24.5 Å². The normalized spacial score (nSPS) is 17.2. The number of hydrogen-bond donors (Lipinski definition) is 2. The van der Waals surface area contributed by atoms with Gasteiger partial charge in [-0.15, -0.1) is 10.2 Å². The maximum absolute atomic E-state index is 10.6. The van der Waals surface area contributed by atoms with E-state index in [0.717, 1.165) is 62.0 Å². The molecule has 0 amide bonds. The summed E-state index contributed by atoms with van der Waals surface area (Å²) in [5.41, 5.74) is 1.59. The Hall–Kier alpha value is -3.40. The van der Waals surface area contributed by atoms with Crippen molar-refractivity contribution in [3.8, 4) is 17.1 Å². The molecule has 0 bridgehead atoms. The fraction of sp³-hybridized carbons (Fsp3) is 0.630. The van der Waals surface area contributed by atoms with Gasteiger partial charge in [0.25, 0.3) is 0 Å². The number of methoxy groups -OCH3 is 1. The van der Waals surface area contributed by atoms with Crippen molar-refractivity contribution in [1.29, 1.82) is 0 Å². The molecular weight excluding hydrogens is 588 g/mol. The van der Waals surface area contributed by atoms with Crippen molar-refractivity contribution in [2.45, 2.75) is 64.5 Å². The van der Waals surface area contributed by atoms with E-state index in [2.05, 4.69) is 64.5 Å². The van der Waals surface area contributed by atoms with Gasteiger partial charge in [-0.3, -0.25) is 4.90 Å². The topological polar surface area (TPSA) is 121 Å². The lowest BCUT2D eigenvalue weighted by Crippen LogP contribution is -2.55. The summed E-state index contributed by atoms with van der Waals surface area (Å²) < 4.78 is 71.3. The average Bonchev–Trinajstić information content (AvgIpc) is 3.32. The van der Waals surface area contributed by atoms with Crippen LogP contribution in [0.25, 0.3) is 11.4 Å². The summed E-state index contributed by atoms with van der Waals surface area (Å²) >= 11 is 0. The molecule has 2 aliphatic heterocycles. The number of fused-ring (bicyclic) bond motifs is 2. The SMILES string of the molecule is COc1ccc(-c2nnc3n2C2(CCN(CCC(C)(C)C)CC2)CN(C)C3)cc1.O=C(O)C(F)(F)F.O=C(O)C(F)(F)F. The van der Waals surface area contributed by atoms with Crippen LogP contribution in [0.4, 0.5) is 26.3 Å². The molecule has 0 atom stereocenters. The predicted molar refractivity (Wildman–Crippen MR) is 143 cm³/mol. The Bertz CT molecular complexity index is 1190. The Balaban J connectivity index is 0.000000384. The van der Waals surface area contributed by atoms with E-state index < -0.39 is 24.3 Å². The van der Waals surface area contributed by atoms with E-state index >= 15 is 0 Å². The fourth-order valence-corrected chi connectivity index (χ4v) is 4.78. The first-order valence-corrected chi connectivity index (χ1v) is 13.3. The van der Waals surface area contributed by atoms with Crippen molar-refractivity contribution in [2.24, 2.45) is 5.41 Å². The lowest BCUT2D eigenvalue weighted by Gasteiger charge is -2.48. The van der Waals surface area contributed by atoms with E-state index in [1.165, 1.54) is 13.0 Å². The Morgan fingerprint density at radius 3 is 1.84 bits per heavy atom. The minimum Gasteiger partial charge on any atom is -0.497 e. The van der Waals surface area contributed by atoms with Crippen LogP contribution in [0, 0.1) is 5.41 Å². The fourth-order valence-electron chi connectivity index (χ4n) is 4.78. The summed E-state index contributed by atoms with van der Waals surface area (Å²) in [5, 5.41) is 23.5. The first-order valence-electron chi connectivity index (χ1n) is 13.3. The number of aliphatic carboxylic acids is 2. The van der Waals surface area contributed by atoms with Crippen LogP contribution in [0.3, 0.4) is 0 Å². The third-order valence-electron chi connectivity index (χ3n) is 6.98. The van der Waals surface area contributed by atoms with Crippen molar-refractivity contribution in [1.82, 2.24) is 24.6 Å². The number of carboxylic acids is 2. The van der Waals surface area contributed by atoms with Crippen LogP contribution < -0.4 is 4.74 Å². The van der Waals surface area contributed by atoms with Crippen LogP contribution in [0.5, 0.6) is 5.75 Å². The molecule has 1 spiro atoms. The lowest BCUT2D eigenvalue weighted by atomic mass is 9.84. The highest BCUT2D eigenvalue weighted by molar-refractivity contribution is 5.73. The highest BCUT2D eigenvalue weighted by Crippen LogP contribution is 2.39. The number of carboxylic acid groups (broad SMARTS) is 2. The Morgan fingerprint density at radius 1 is 0.930 bits per heavy atom. The quantitative estimate of drug-likeness (QED) is 0.458. The van der Waals surface area contributed by atoms with Crippen molar-refractivity contribution in [3.05, 3.63) is 30.1 Å². The van der Waals surface area contributed by atoms with Gasteiger partial charge in [-0.05, 0) is 62.5 Å². The molecule has 10 nitrogen and oxygen atoms in total. The molecule has 0 radical (unpaired) electrons. The van der Waals surface area contributed by atoms with E-state index in [1.54, 1.807) is 7.11 Å². The molecule has 1 aromatic heterocycles. The largest absolute Gasteiger partial charge is 0.497 e. The molecule has 43 heavy (non-hydrogen) atoms. The van der Waals surface area contributed by atoms with Gasteiger partial charge in [-0.25, -0.2) is 9.59 Å². The van der Waals surface area contributed by atoms with Gasteiger partial charge in [-0.1, -0.05) is 20.8 Å². The minimum atomic E-state index is -5.08. The third-order valence-corrected chi connectivity index (χ3v) is 6.98. The number of piperidine rings is 1. The van der Waals surface area contributed by atoms with Gasteiger partial charge in [0.15, 0.2) is 5.82 Å². The van der Waals surface area contributed by atoms with Crippen molar-refractivity contribution in [3.63, 3.8) is 0 Å². The van der Waals surface area contributed by atoms with E-state index in [0.29, 0.717) is 5.41 Å². The summed E-state index contributed by atoms with van der Waals surface area (Å²) in [4.78, 5) is 22.8. The van der Waals surface area contributed by atoms with Crippen LogP contribution in [0.1, 0.15) is 45.9 Å². The average molecular weight is 626 g/mol. The Kier molecular flexibility index (Phi) is 11.6. The number of likely N-dealkylation sites (N-methyl/N-ethyl adjacent to an activating group) is 1. The number of aromatic nitrogens is 3. The lowest BCUT2D eigenvalue weighted by molar-refractivity contribution is -0.193. The van der Waals surface area contributed by atoms with Gasteiger partial charge >= 0.3 is 24.3 Å². The van der Waals surface area contributed by atoms with Crippen LogP contribution >= 0.6 is 0 Å². The zero-order valence-corrected chi connectivity index (χ0v) is 24.6. The minimum absolute atomic E-state index is 0.0827. The van der Waals surface area contributed by atoms with Gasteiger partial charge < -0.3 is 24.4 Å². The second-order valence-corrected chi connectivity index (χ2v) is 11.7. The standard InChI is InChI=1S/C23H35N5O.2C2HF3O2/c1-22(2,3)10-13-27-14-11-23(12-15-27)17-26(4)16-20-24-25-21(28(20)23)18-6-8-19(29-5)9-7-18;2*3-2(4,5)1(6)7/h6-9H,10-17H2,1-5H3;2*(H,6,7). The molecule has 242 valence electrons. The van der Waals surface area contributed by atoms with Gasteiger partial charge in [0.1, 0.15) is 11.6 Å². The molecule has 16 heteroatoms. The van der Waals surface area contributed by atoms with Crippen LogP contribution in [0.2, 0.25) is 0 Å². The number of carbonyl (C=O) groups is 2. The first-order chi connectivity index (χ1) is 19.7. The number of halogens is 6. The predicted octanol–water partition coefficient (Wildman–Crippen LogP) is 4.89. The zero-order valence-electron chi connectivity index (χ0n) is 24.6. The molecule has 0 saturated carbocycles. The number of likely N-dealkylation sites (tertiary alicyclic amines) is 1. The highest BCUT2D eigenvalue weighted by atomic mass is 19.4. The van der Waals surface area contributed by atoms with Gasteiger partial charge in [0.2, 0.25) is 0 Å². The molecule has 2 N–H and O–H groups in total. The number of ether oxygens (including phenoxy) is 1. The Morgan fingerprint density at radius 2 is 1.42 bits per heavy atom. The summed E-state index contributed by atoms with van der Waals surface area (Å²) in [6.07, 6.45) is -6.62. The van der Waals surface area contributed by atoms with Crippen LogP contribution in [-0.2, 0) is 21.7 Å². The molecular formula is C27H37F6N5O5. The molecule has 1 aromatic carbocycles. The molecule has 0 unspecified atom stereocenters. The van der Waals surface area contributed by atoms with Gasteiger partial charge in [0, 0.05) is 25.2 Å². The summed E-state index contributed by atoms with van der Waals surface area (Å²) in [6.45, 7) is 12.4. The van der Waals surface area contributed by atoms with Crippen LogP contribution in [0.15, 0.2) is 24.3 Å². The van der Waals surface area contributed by atoms with E-state index in [-0.39, 0.29) is 5.54 Å². The molecule has 1 fully saturated rings. The van der Waals surface area contributed by atoms with Crippen molar-refractivity contribution < 1.29 is 50.9 Å². The third kappa shape index (κ3) is 10.4. The maximum Gasteiger partial charge on any atom is 0.490 e. The maximum atomic E-state index is 10.6. The van der Waals surface area contributed by atoms with Crippen molar-refractivity contribution in [2.75, 3.05) is 40.3 Å². The molecule has 1 saturated heterocycles. The second kappa shape index (κ2) is 13.9. The highest BCUT2D eigenvalue weighted by Gasteiger charge is 2.43. The molecule has 2 aromatic rings. The summed E-state index contributed by atoms with van der Waals surface area (Å²) in [7, 11) is 3.91. The molecule has 3 heterocycles. The van der Waals surface area contributed by atoms with Gasteiger partial charge in [0.05, 0.1) is 19.2 Å². The number of alkyl halides is 6. The second-order valence-electron chi connectivity index (χ2n) is 11.7. The number of benzene rings is 1. The van der Waals surface area contributed by atoms with Crippen LogP contribution in [-0.4, -0.2) is 99.4 Å². The van der Waals surface area contributed by atoms with Gasteiger partial charge in [-0.2, -0.15) is 26.3 Å². The van der Waals surface area contributed by atoms with Crippen molar-refractivity contribution >= 4 is 11.9 Å². The Labute approximate surface area is 245 Å².